The summed E-state index contributed by atoms with van der Waals surface area (Å²) in [5.74, 6) is -0.0690. The Labute approximate surface area is 114 Å². The number of nitrogens with zero attached hydrogens (tertiary/aromatic N) is 2. The summed E-state index contributed by atoms with van der Waals surface area (Å²) in [6, 6.07) is 1.80. The minimum Gasteiger partial charge on any atom is -0.344 e. The quantitative estimate of drug-likeness (QED) is 0.867. The van der Waals surface area contributed by atoms with Crippen molar-refractivity contribution in [3.63, 3.8) is 0 Å². The first-order valence-electron chi connectivity index (χ1n) is 6.09. The van der Waals surface area contributed by atoms with E-state index in [9.17, 15) is 4.79 Å². The normalized spacial score (nSPS) is 17.3. The van der Waals surface area contributed by atoms with Gasteiger partial charge in [-0.25, -0.2) is 0 Å². The Bertz CT molecular complexity index is 424. The predicted octanol–water partition coefficient (Wildman–Crippen LogP) is 1.15. The van der Waals surface area contributed by atoms with Crippen molar-refractivity contribution in [2.24, 2.45) is 12.8 Å². The number of aromatic nitrogens is 2. The van der Waals surface area contributed by atoms with Gasteiger partial charge in [0.25, 0.3) is 5.91 Å². The molecule has 2 rings (SSSR count). The standard InChI is InChI=1S/C12H20N4O.ClH/c1-9-7-10(16(2)15-9)11(17)14-12(8-13)5-3-4-6-12;/h7H,3-6,8,13H2,1-2H3,(H,14,17);1H. The van der Waals surface area contributed by atoms with Gasteiger partial charge in [0.1, 0.15) is 5.69 Å². The van der Waals surface area contributed by atoms with Crippen LogP contribution in [-0.2, 0) is 7.05 Å². The van der Waals surface area contributed by atoms with Crippen molar-refractivity contribution in [1.82, 2.24) is 15.1 Å². The molecule has 0 atom stereocenters. The van der Waals surface area contributed by atoms with Gasteiger partial charge in [-0.3, -0.25) is 9.48 Å². The molecule has 5 nitrogen and oxygen atoms in total. The maximum atomic E-state index is 12.2. The second-order valence-electron chi connectivity index (χ2n) is 4.94. The molecule has 0 bridgehead atoms. The second-order valence-corrected chi connectivity index (χ2v) is 4.94. The lowest BCUT2D eigenvalue weighted by atomic mass is 9.97. The van der Waals surface area contributed by atoms with E-state index in [0.717, 1.165) is 31.4 Å². The number of hydrogen-bond acceptors (Lipinski definition) is 3. The van der Waals surface area contributed by atoms with Crippen molar-refractivity contribution in [2.75, 3.05) is 6.54 Å². The lowest BCUT2D eigenvalue weighted by Crippen LogP contribution is -2.52. The van der Waals surface area contributed by atoms with Gasteiger partial charge in [0, 0.05) is 13.6 Å². The Morgan fingerprint density at radius 1 is 1.56 bits per heavy atom. The van der Waals surface area contributed by atoms with Crippen LogP contribution in [0.2, 0.25) is 0 Å². The van der Waals surface area contributed by atoms with Gasteiger partial charge in [-0.1, -0.05) is 12.8 Å². The number of nitrogens with one attached hydrogen (secondary N) is 1. The first-order chi connectivity index (χ1) is 8.06. The van der Waals surface area contributed by atoms with Crippen LogP contribution in [-0.4, -0.2) is 27.8 Å². The van der Waals surface area contributed by atoms with E-state index in [0.29, 0.717) is 12.2 Å². The highest BCUT2D eigenvalue weighted by Crippen LogP contribution is 2.28. The molecule has 0 aliphatic heterocycles. The molecule has 1 aliphatic rings. The van der Waals surface area contributed by atoms with E-state index in [4.69, 9.17) is 5.73 Å². The number of carbonyl (C=O) groups excluding carboxylic acids is 1. The van der Waals surface area contributed by atoms with Crippen LogP contribution in [0.5, 0.6) is 0 Å². The average Bonchev–Trinajstić information content (AvgIpc) is 2.86. The molecule has 0 radical (unpaired) electrons. The lowest BCUT2D eigenvalue weighted by molar-refractivity contribution is 0.0893. The molecule has 0 aromatic carbocycles. The van der Waals surface area contributed by atoms with Crippen LogP contribution < -0.4 is 11.1 Å². The zero-order valence-corrected chi connectivity index (χ0v) is 11.7. The second kappa shape index (κ2) is 5.71. The highest BCUT2D eigenvalue weighted by atomic mass is 35.5. The Balaban J connectivity index is 0.00000162. The summed E-state index contributed by atoms with van der Waals surface area (Å²) in [6.07, 6.45) is 4.24. The van der Waals surface area contributed by atoms with Crippen molar-refractivity contribution >= 4 is 18.3 Å². The summed E-state index contributed by atoms with van der Waals surface area (Å²) >= 11 is 0. The van der Waals surface area contributed by atoms with E-state index in [1.807, 2.05) is 6.92 Å². The molecule has 1 aromatic heterocycles. The van der Waals surface area contributed by atoms with E-state index < -0.39 is 0 Å². The monoisotopic (exact) mass is 272 g/mol. The minimum atomic E-state index is -0.199. The van der Waals surface area contributed by atoms with Crippen LogP contribution in [0.15, 0.2) is 6.07 Å². The summed E-state index contributed by atoms with van der Waals surface area (Å²) in [6.45, 7) is 2.39. The van der Waals surface area contributed by atoms with Gasteiger partial charge in [0.15, 0.2) is 0 Å². The molecule has 1 aliphatic carbocycles. The molecule has 1 saturated carbocycles. The smallest absolute Gasteiger partial charge is 0.270 e. The minimum absolute atomic E-state index is 0. The number of rotatable bonds is 3. The molecule has 102 valence electrons. The zero-order chi connectivity index (χ0) is 12.5. The van der Waals surface area contributed by atoms with E-state index in [1.54, 1.807) is 17.8 Å². The molecular weight excluding hydrogens is 252 g/mol. The van der Waals surface area contributed by atoms with Crippen LogP contribution in [0.4, 0.5) is 0 Å². The molecule has 1 fully saturated rings. The fourth-order valence-electron chi connectivity index (χ4n) is 2.56. The van der Waals surface area contributed by atoms with Crippen LogP contribution in [0.1, 0.15) is 41.9 Å². The third-order valence-electron chi connectivity index (χ3n) is 3.56. The SMILES string of the molecule is Cc1cc(C(=O)NC2(CN)CCCC2)n(C)n1.Cl. The molecule has 1 amide bonds. The molecular formula is C12H21ClN4O. The largest absolute Gasteiger partial charge is 0.344 e. The van der Waals surface area contributed by atoms with Crippen LogP contribution in [0.25, 0.3) is 0 Å². The lowest BCUT2D eigenvalue weighted by Gasteiger charge is -2.28. The van der Waals surface area contributed by atoms with E-state index in [-0.39, 0.29) is 23.9 Å². The van der Waals surface area contributed by atoms with Crippen LogP contribution in [0, 0.1) is 6.92 Å². The third kappa shape index (κ3) is 2.84. The number of hydrogen-bond donors (Lipinski definition) is 2. The first kappa shape index (κ1) is 15.0. The molecule has 0 saturated heterocycles. The molecule has 1 heterocycles. The van der Waals surface area contributed by atoms with E-state index in [1.165, 1.54) is 0 Å². The van der Waals surface area contributed by atoms with E-state index >= 15 is 0 Å². The zero-order valence-electron chi connectivity index (χ0n) is 10.9. The van der Waals surface area contributed by atoms with Gasteiger partial charge in [-0.05, 0) is 25.8 Å². The number of amides is 1. The summed E-state index contributed by atoms with van der Waals surface area (Å²) in [5, 5.41) is 7.27. The molecule has 18 heavy (non-hydrogen) atoms. The summed E-state index contributed by atoms with van der Waals surface area (Å²) in [4.78, 5) is 12.2. The Morgan fingerprint density at radius 3 is 2.61 bits per heavy atom. The van der Waals surface area contributed by atoms with Gasteiger partial charge in [-0.15, -0.1) is 12.4 Å². The van der Waals surface area contributed by atoms with Gasteiger partial charge in [0.2, 0.25) is 0 Å². The van der Waals surface area contributed by atoms with Gasteiger partial charge in [0.05, 0.1) is 11.2 Å². The highest BCUT2D eigenvalue weighted by molar-refractivity contribution is 5.93. The number of aryl methyl sites for hydroxylation is 2. The Kier molecular flexibility index (Phi) is 4.76. The van der Waals surface area contributed by atoms with Crippen molar-refractivity contribution in [3.8, 4) is 0 Å². The summed E-state index contributed by atoms with van der Waals surface area (Å²) in [5.41, 5.74) is 7.05. The van der Waals surface area contributed by atoms with Crippen molar-refractivity contribution in [2.45, 2.75) is 38.1 Å². The van der Waals surface area contributed by atoms with Crippen LogP contribution in [0.3, 0.4) is 0 Å². The fraction of sp³-hybridized carbons (Fsp3) is 0.667. The Hall–Kier alpha value is -1.07. The Morgan fingerprint density at radius 2 is 2.17 bits per heavy atom. The van der Waals surface area contributed by atoms with Crippen molar-refractivity contribution < 1.29 is 4.79 Å². The maximum absolute atomic E-state index is 12.2. The summed E-state index contributed by atoms with van der Waals surface area (Å²) < 4.78 is 1.61. The van der Waals surface area contributed by atoms with Crippen LogP contribution >= 0.6 is 12.4 Å². The highest BCUT2D eigenvalue weighted by Gasteiger charge is 2.34. The first-order valence-corrected chi connectivity index (χ1v) is 6.09. The maximum Gasteiger partial charge on any atom is 0.270 e. The number of carbonyl (C=O) groups is 1. The fourth-order valence-corrected chi connectivity index (χ4v) is 2.56. The van der Waals surface area contributed by atoms with Crippen molar-refractivity contribution in [3.05, 3.63) is 17.5 Å². The number of halogens is 1. The molecule has 1 aromatic rings. The van der Waals surface area contributed by atoms with E-state index in [2.05, 4.69) is 10.4 Å². The van der Waals surface area contributed by atoms with Crippen molar-refractivity contribution in [1.29, 1.82) is 0 Å². The molecule has 0 spiro atoms. The molecule has 3 N–H and O–H groups in total. The molecule has 6 heteroatoms. The number of nitrogens with two attached hydrogens (primary N) is 1. The third-order valence-corrected chi connectivity index (χ3v) is 3.56. The average molecular weight is 273 g/mol. The topological polar surface area (TPSA) is 72.9 Å². The predicted molar refractivity (Wildman–Crippen MR) is 72.9 cm³/mol. The van der Waals surface area contributed by atoms with Gasteiger partial charge < -0.3 is 11.1 Å². The molecule has 0 unspecified atom stereocenters. The van der Waals surface area contributed by atoms with Gasteiger partial charge >= 0.3 is 0 Å². The summed E-state index contributed by atoms with van der Waals surface area (Å²) in [7, 11) is 1.78. The van der Waals surface area contributed by atoms with Gasteiger partial charge in [-0.2, -0.15) is 5.10 Å².